The number of benzene rings is 2. The zero-order valence-corrected chi connectivity index (χ0v) is 11.8. The topological polar surface area (TPSA) is 57.6 Å². The van der Waals surface area contributed by atoms with Gasteiger partial charge in [0.1, 0.15) is 5.82 Å². The minimum Gasteiger partial charge on any atom is -0.502 e. The molecule has 2 aromatic rings. The van der Waals surface area contributed by atoms with Crippen LogP contribution in [0.2, 0.25) is 5.02 Å². The van der Waals surface area contributed by atoms with Gasteiger partial charge in [-0.05, 0) is 42.0 Å². The van der Waals surface area contributed by atoms with Gasteiger partial charge in [-0.1, -0.05) is 23.7 Å². The zero-order valence-electron chi connectivity index (χ0n) is 11.1. The van der Waals surface area contributed by atoms with Crippen molar-refractivity contribution in [2.24, 2.45) is 0 Å². The highest BCUT2D eigenvalue weighted by atomic mass is 35.5. The molecule has 1 heterocycles. The largest absolute Gasteiger partial charge is 0.502 e. The Morgan fingerprint density at radius 1 is 0.909 bits per heavy atom. The zero-order chi connectivity index (χ0) is 15.9. The molecule has 0 unspecified atom stereocenters. The fourth-order valence-electron chi connectivity index (χ4n) is 2.22. The Morgan fingerprint density at radius 3 is 2.09 bits per heavy atom. The number of anilines is 1. The van der Waals surface area contributed by atoms with Crippen LogP contribution in [-0.2, 0) is 9.59 Å². The molecule has 0 bridgehead atoms. The van der Waals surface area contributed by atoms with Crippen molar-refractivity contribution in [2.75, 3.05) is 4.90 Å². The van der Waals surface area contributed by atoms with Crippen molar-refractivity contribution in [3.8, 4) is 0 Å². The molecular weight excluding hydrogens is 309 g/mol. The van der Waals surface area contributed by atoms with Crippen molar-refractivity contribution >= 4 is 34.7 Å². The first-order chi connectivity index (χ1) is 10.5. The van der Waals surface area contributed by atoms with Gasteiger partial charge in [-0.2, -0.15) is 0 Å². The Kier molecular flexibility index (Phi) is 3.42. The third-order valence-corrected chi connectivity index (χ3v) is 3.53. The SMILES string of the molecule is O=C1C(O)=C(c2ccc(F)cc2)C(=O)N1c1ccc(Cl)cc1. The number of imide groups is 1. The van der Waals surface area contributed by atoms with Crippen molar-refractivity contribution < 1.29 is 19.1 Å². The van der Waals surface area contributed by atoms with Gasteiger partial charge in [0.25, 0.3) is 5.91 Å². The third kappa shape index (κ3) is 2.25. The highest BCUT2D eigenvalue weighted by Gasteiger charge is 2.40. The summed E-state index contributed by atoms with van der Waals surface area (Å²) in [6, 6.07) is 11.0. The van der Waals surface area contributed by atoms with E-state index in [1.807, 2.05) is 0 Å². The second-order valence-electron chi connectivity index (χ2n) is 4.65. The number of halogens is 2. The van der Waals surface area contributed by atoms with Crippen LogP contribution < -0.4 is 4.90 Å². The molecule has 6 heteroatoms. The van der Waals surface area contributed by atoms with E-state index in [2.05, 4.69) is 0 Å². The highest BCUT2D eigenvalue weighted by molar-refractivity contribution is 6.45. The molecule has 110 valence electrons. The van der Waals surface area contributed by atoms with Gasteiger partial charge in [-0.25, -0.2) is 9.29 Å². The molecule has 0 saturated heterocycles. The minimum absolute atomic E-state index is 0.153. The number of amides is 2. The fraction of sp³-hybridized carbons (Fsp3) is 0. The summed E-state index contributed by atoms with van der Waals surface area (Å²) >= 11 is 5.78. The summed E-state index contributed by atoms with van der Waals surface area (Å²) in [6.07, 6.45) is 0. The molecule has 0 radical (unpaired) electrons. The molecule has 0 spiro atoms. The summed E-state index contributed by atoms with van der Waals surface area (Å²) in [5, 5.41) is 10.4. The van der Waals surface area contributed by atoms with E-state index in [4.69, 9.17) is 11.6 Å². The molecule has 0 atom stereocenters. The van der Waals surface area contributed by atoms with Gasteiger partial charge in [0, 0.05) is 5.02 Å². The van der Waals surface area contributed by atoms with E-state index in [0.29, 0.717) is 10.7 Å². The number of aliphatic hydroxyl groups is 1. The molecule has 0 saturated carbocycles. The fourth-order valence-corrected chi connectivity index (χ4v) is 2.35. The monoisotopic (exact) mass is 317 g/mol. The van der Waals surface area contributed by atoms with Gasteiger partial charge in [-0.15, -0.1) is 0 Å². The number of carbonyl (C=O) groups excluding carboxylic acids is 2. The van der Waals surface area contributed by atoms with Crippen LogP contribution >= 0.6 is 11.6 Å². The molecule has 1 aliphatic rings. The van der Waals surface area contributed by atoms with E-state index >= 15 is 0 Å². The lowest BCUT2D eigenvalue weighted by atomic mass is 10.1. The predicted octanol–water partition coefficient (Wildman–Crippen LogP) is 3.32. The first-order valence-electron chi connectivity index (χ1n) is 6.32. The number of carbonyl (C=O) groups is 2. The van der Waals surface area contributed by atoms with E-state index in [-0.39, 0.29) is 11.1 Å². The molecule has 3 rings (SSSR count). The van der Waals surface area contributed by atoms with Crippen LogP contribution in [-0.4, -0.2) is 16.9 Å². The molecule has 0 aliphatic carbocycles. The maximum absolute atomic E-state index is 13.0. The summed E-state index contributed by atoms with van der Waals surface area (Å²) in [5.41, 5.74) is 0.414. The summed E-state index contributed by atoms with van der Waals surface area (Å²) < 4.78 is 13.0. The van der Waals surface area contributed by atoms with E-state index in [1.54, 1.807) is 0 Å². The van der Waals surface area contributed by atoms with Crippen LogP contribution in [0, 0.1) is 5.82 Å². The Hall–Kier alpha value is -2.66. The Bertz CT molecular complexity index is 797. The van der Waals surface area contributed by atoms with Crippen LogP contribution in [0.15, 0.2) is 54.3 Å². The van der Waals surface area contributed by atoms with Crippen molar-refractivity contribution in [2.45, 2.75) is 0 Å². The standard InChI is InChI=1S/C16H9ClFNO3/c17-10-3-7-12(8-4-10)19-15(21)13(14(20)16(19)22)9-1-5-11(18)6-2-9/h1-8,20H. The predicted molar refractivity (Wildman–Crippen MR) is 79.9 cm³/mol. The number of aliphatic hydroxyl groups excluding tert-OH is 1. The second-order valence-corrected chi connectivity index (χ2v) is 5.09. The van der Waals surface area contributed by atoms with Gasteiger partial charge in [0.2, 0.25) is 0 Å². The maximum atomic E-state index is 13.0. The third-order valence-electron chi connectivity index (χ3n) is 3.28. The average Bonchev–Trinajstić information content (AvgIpc) is 2.72. The number of hydrogen-bond donors (Lipinski definition) is 1. The molecule has 4 nitrogen and oxygen atoms in total. The second kappa shape index (κ2) is 5.27. The Morgan fingerprint density at radius 2 is 1.50 bits per heavy atom. The van der Waals surface area contributed by atoms with E-state index in [1.165, 1.54) is 36.4 Å². The van der Waals surface area contributed by atoms with Gasteiger partial charge < -0.3 is 5.11 Å². The summed E-state index contributed by atoms with van der Waals surface area (Å²) in [5.74, 6) is -2.63. The molecule has 2 amide bonds. The summed E-state index contributed by atoms with van der Waals surface area (Å²) in [7, 11) is 0. The van der Waals surface area contributed by atoms with Crippen LogP contribution in [0.1, 0.15) is 5.56 Å². The smallest absolute Gasteiger partial charge is 0.301 e. The van der Waals surface area contributed by atoms with E-state index in [0.717, 1.165) is 17.0 Å². The molecule has 1 aliphatic heterocycles. The molecule has 22 heavy (non-hydrogen) atoms. The number of nitrogens with zero attached hydrogens (tertiary/aromatic N) is 1. The summed E-state index contributed by atoms with van der Waals surface area (Å²) in [4.78, 5) is 25.5. The Balaban J connectivity index is 2.03. The van der Waals surface area contributed by atoms with Crippen LogP contribution in [0.3, 0.4) is 0 Å². The lowest BCUT2D eigenvalue weighted by Crippen LogP contribution is -2.31. The molecular formula is C16H9ClFNO3. The average molecular weight is 318 g/mol. The van der Waals surface area contributed by atoms with Gasteiger partial charge in [0.05, 0.1) is 11.3 Å². The van der Waals surface area contributed by atoms with Gasteiger partial charge in [0.15, 0.2) is 5.76 Å². The number of rotatable bonds is 2. The molecule has 1 N–H and O–H groups in total. The van der Waals surface area contributed by atoms with Crippen molar-refractivity contribution in [1.82, 2.24) is 0 Å². The van der Waals surface area contributed by atoms with E-state index in [9.17, 15) is 19.1 Å². The van der Waals surface area contributed by atoms with Crippen LogP contribution in [0.4, 0.5) is 10.1 Å². The molecule has 0 aromatic heterocycles. The first-order valence-corrected chi connectivity index (χ1v) is 6.70. The van der Waals surface area contributed by atoms with Crippen LogP contribution in [0.25, 0.3) is 5.57 Å². The normalized spacial score (nSPS) is 14.9. The minimum atomic E-state index is -0.827. The number of hydrogen-bond acceptors (Lipinski definition) is 3. The highest BCUT2D eigenvalue weighted by Crippen LogP contribution is 2.32. The van der Waals surface area contributed by atoms with Gasteiger partial charge >= 0.3 is 5.91 Å². The van der Waals surface area contributed by atoms with Crippen molar-refractivity contribution in [3.63, 3.8) is 0 Å². The Labute approximate surface area is 130 Å². The lowest BCUT2D eigenvalue weighted by molar-refractivity contribution is -0.121. The van der Waals surface area contributed by atoms with Crippen molar-refractivity contribution in [1.29, 1.82) is 0 Å². The van der Waals surface area contributed by atoms with Crippen molar-refractivity contribution in [3.05, 3.63) is 70.7 Å². The van der Waals surface area contributed by atoms with Gasteiger partial charge in [-0.3, -0.25) is 9.59 Å². The first kappa shape index (κ1) is 14.3. The maximum Gasteiger partial charge on any atom is 0.301 e. The molecule has 0 fully saturated rings. The van der Waals surface area contributed by atoms with Crippen LogP contribution in [0.5, 0.6) is 0 Å². The summed E-state index contributed by atoms with van der Waals surface area (Å²) in [6.45, 7) is 0. The quantitative estimate of drug-likeness (QED) is 0.864. The molecule has 2 aromatic carbocycles. The lowest BCUT2D eigenvalue weighted by Gasteiger charge is -2.14. The van der Waals surface area contributed by atoms with E-state index < -0.39 is 23.4 Å².